The lowest BCUT2D eigenvalue weighted by Gasteiger charge is -2.29. The van der Waals surface area contributed by atoms with E-state index in [-0.39, 0.29) is 17.8 Å². The van der Waals surface area contributed by atoms with Crippen LogP contribution in [0.1, 0.15) is 45.9 Å². The monoisotopic (exact) mass is 502 g/mol. The summed E-state index contributed by atoms with van der Waals surface area (Å²) in [6.45, 7) is 8.54. The van der Waals surface area contributed by atoms with Crippen LogP contribution in [0.3, 0.4) is 0 Å². The third-order valence-corrected chi connectivity index (χ3v) is 7.30. The summed E-state index contributed by atoms with van der Waals surface area (Å²) in [4.78, 5) is 6.61. The maximum Gasteiger partial charge on any atom is 0.174 e. The van der Waals surface area contributed by atoms with Gasteiger partial charge in [0.25, 0.3) is 0 Å². The molecule has 0 unspecified atom stereocenters. The quantitative estimate of drug-likeness (QED) is 0.306. The average Bonchev–Trinajstić information content (AvgIpc) is 3.32. The molecule has 1 aliphatic heterocycles. The maximum absolute atomic E-state index is 10.8. The number of phenols is 1. The number of hydrogen-bond donors (Lipinski definition) is 2. The Kier molecular flexibility index (Phi) is 6.03. The predicted molar refractivity (Wildman–Crippen MR) is 146 cm³/mol. The first kappa shape index (κ1) is 23.4. The van der Waals surface area contributed by atoms with Crippen LogP contribution >= 0.6 is 23.8 Å². The van der Waals surface area contributed by atoms with Gasteiger partial charge in [-0.1, -0.05) is 35.9 Å². The molecule has 1 saturated heterocycles. The number of aromatic nitrogens is 2. The van der Waals surface area contributed by atoms with Crippen LogP contribution in [0, 0.1) is 27.7 Å². The summed E-state index contributed by atoms with van der Waals surface area (Å²) in [6, 6.07) is 19.0. The summed E-state index contributed by atoms with van der Waals surface area (Å²) in [5.41, 5.74) is 8.40. The summed E-state index contributed by atoms with van der Waals surface area (Å²) in [6.07, 6.45) is 1.79. The molecule has 5 nitrogen and oxygen atoms in total. The predicted octanol–water partition coefficient (Wildman–Crippen LogP) is 6.64. The molecule has 5 rings (SSSR count). The van der Waals surface area contributed by atoms with Gasteiger partial charge in [-0.3, -0.25) is 4.98 Å². The number of nitrogens with one attached hydrogen (secondary N) is 1. The molecule has 2 N–H and O–H groups in total. The molecule has 2 aromatic carbocycles. The summed E-state index contributed by atoms with van der Waals surface area (Å²) in [7, 11) is 0. The summed E-state index contributed by atoms with van der Waals surface area (Å²) in [5, 5.41) is 15.3. The first-order valence-corrected chi connectivity index (χ1v) is 12.3. The van der Waals surface area contributed by atoms with Crippen LogP contribution in [-0.2, 0) is 0 Å². The molecular formula is C28H27ClN4OS. The standard InChI is InChI=1S/C28H27ClN4OS/c1-16-8-7-9-17(2)26(16)32-18(3)14-21(19(32)4)27-25(22-10-5-6-13-30-22)31-28(35)33(27)23-15-20(29)11-12-24(23)34/h5-15,25,27,34H,1-4H3,(H,31,35)/t25-,27+/m1/s1. The zero-order valence-electron chi connectivity index (χ0n) is 20.1. The van der Waals surface area contributed by atoms with Gasteiger partial charge in [0.1, 0.15) is 5.75 Å². The summed E-state index contributed by atoms with van der Waals surface area (Å²) in [5.74, 6) is 0.119. The average molecular weight is 503 g/mol. The second-order valence-corrected chi connectivity index (χ2v) is 9.86. The molecular weight excluding hydrogens is 476 g/mol. The number of phenolic OH excluding ortho intramolecular Hbond substituents is 1. The van der Waals surface area contributed by atoms with Crippen molar-refractivity contribution in [1.29, 1.82) is 0 Å². The van der Waals surface area contributed by atoms with Crippen molar-refractivity contribution in [1.82, 2.24) is 14.9 Å². The third kappa shape index (κ3) is 3.97. The molecule has 1 fully saturated rings. The first-order chi connectivity index (χ1) is 16.8. The van der Waals surface area contributed by atoms with E-state index in [4.69, 9.17) is 23.8 Å². The fraction of sp³-hybridized carbons (Fsp3) is 0.214. The van der Waals surface area contributed by atoms with Crippen molar-refractivity contribution < 1.29 is 5.11 Å². The highest BCUT2D eigenvalue weighted by atomic mass is 35.5. The number of rotatable bonds is 4. The van der Waals surface area contributed by atoms with Crippen molar-refractivity contribution >= 4 is 34.6 Å². The minimum Gasteiger partial charge on any atom is -0.506 e. The molecule has 0 radical (unpaired) electrons. The van der Waals surface area contributed by atoms with E-state index in [0.29, 0.717) is 15.8 Å². The van der Waals surface area contributed by atoms with E-state index >= 15 is 0 Å². The molecule has 0 spiro atoms. The molecule has 0 bridgehead atoms. The zero-order valence-corrected chi connectivity index (χ0v) is 21.7. The van der Waals surface area contributed by atoms with Gasteiger partial charge < -0.3 is 19.9 Å². The van der Waals surface area contributed by atoms with Gasteiger partial charge in [-0.2, -0.15) is 0 Å². The van der Waals surface area contributed by atoms with E-state index in [1.54, 1.807) is 24.4 Å². The van der Waals surface area contributed by atoms with Crippen molar-refractivity contribution in [3.8, 4) is 11.4 Å². The van der Waals surface area contributed by atoms with Crippen molar-refractivity contribution in [2.45, 2.75) is 39.8 Å². The maximum atomic E-state index is 10.8. The highest BCUT2D eigenvalue weighted by molar-refractivity contribution is 7.80. The number of benzene rings is 2. The highest BCUT2D eigenvalue weighted by Gasteiger charge is 2.43. The van der Waals surface area contributed by atoms with Crippen LogP contribution < -0.4 is 10.2 Å². The first-order valence-electron chi connectivity index (χ1n) is 11.5. The van der Waals surface area contributed by atoms with Gasteiger partial charge in [-0.25, -0.2) is 0 Å². The lowest BCUT2D eigenvalue weighted by Crippen LogP contribution is -2.29. The van der Waals surface area contributed by atoms with E-state index < -0.39 is 0 Å². The Morgan fingerprint density at radius 2 is 1.71 bits per heavy atom. The Morgan fingerprint density at radius 3 is 2.40 bits per heavy atom. The summed E-state index contributed by atoms with van der Waals surface area (Å²) >= 11 is 12.2. The number of anilines is 1. The molecule has 178 valence electrons. The number of hydrogen-bond acceptors (Lipinski definition) is 3. The Balaban J connectivity index is 1.74. The van der Waals surface area contributed by atoms with Gasteiger partial charge >= 0.3 is 0 Å². The van der Waals surface area contributed by atoms with Gasteiger partial charge in [0.05, 0.1) is 29.2 Å². The van der Waals surface area contributed by atoms with Crippen LogP contribution in [0.2, 0.25) is 5.02 Å². The van der Waals surface area contributed by atoms with E-state index in [9.17, 15) is 5.11 Å². The minimum absolute atomic E-state index is 0.119. The van der Waals surface area contributed by atoms with Gasteiger partial charge in [-0.15, -0.1) is 0 Å². The Morgan fingerprint density at radius 1 is 0.971 bits per heavy atom. The number of aromatic hydroxyl groups is 1. The van der Waals surface area contributed by atoms with Crippen LogP contribution in [0.4, 0.5) is 5.69 Å². The number of aryl methyl sites for hydroxylation is 3. The molecule has 35 heavy (non-hydrogen) atoms. The molecule has 0 aliphatic carbocycles. The van der Waals surface area contributed by atoms with Crippen molar-refractivity contribution in [3.63, 3.8) is 0 Å². The van der Waals surface area contributed by atoms with Crippen LogP contribution in [0.25, 0.3) is 5.69 Å². The lowest BCUT2D eigenvalue weighted by atomic mass is 9.96. The molecule has 3 heterocycles. The molecule has 2 atom stereocenters. The van der Waals surface area contributed by atoms with Crippen molar-refractivity contribution in [3.05, 3.63) is 106 Å². The Labute approximate surface area is 216 Å². The third-order valence-electron chi connectivity index (χ3n) is 6.75. The number of pyridine rings is 1. The SMILES string of the molecule is Cc1cccc(C)c1-n1c(C)cc([C@H]2[C@@H](c3ccccn3)NC(=S)N2c2cc(Cl)ccc2O)c1C. The normalized spacial score (nSPS) is 17.6. The van der Waals surface area contributed by atoms with Crippen LogP contribution in [-0.4, -0.2) is 19.8 Å². The molecule has 0 amide bonds. The van der Waals surface area contributed by atoms with Gasteiger partial charge in [0, 0.05) is 22.6 Å². The fourth-order valence-electron chi connectivity index (χ4n) is 5.21. The van der Waals surface area contributed by atoms with Gasteiger partial charge in [0.2, 0.25) is 0 Å². The molecule has 1 aliphatic rings. The Bertz CT molecular complexity index is 1410. The smallest absolute Gasteiger partial charge is 0.174 e. The lowest BCUT2D eigenvalue weighted by molar-refractivity contribution is 0.472. The number of halogens is 1. The molecule has 7 heteroatoms. The molecule has 0 saturated carbocycles. The number of thiocarbonyl (C=S) groups is 1. The second kappa shape index (κ2) is 9.02. The van der Waals surface area contributed by atoms with Crippen LogP contribution in [0.15, 0.2) is 66.9 Å². The second-order valence-electron chi connectivity index (χ2n) is 9.03. The Hall–Kier alpha value is -3.35. The minimum atomic E-state index is -0.244. The highest BCUT2D eigenvalue weighted by Crippen LogP contribution is 2.46. The largest absolute Gasteiger partial charge is 0.506 e. The fourth-order valence-corrected chi connectivity index (χ4v) is 5.71. The van der Waals surface area contributed by atoms with Gasteiger partial charge in [0.15, 0.2) is 5.11 Å². The van der Waals surface area contributed by atoms with Crippen molar-refractivity contribution in [2.75, 3.05) is 4.90 Å². The van der Waals surface area contributed by atoms with E-state index in [1.807, 2.05) is 23.1 Å². The summed E-state index contributed by atoms with van der Waals surface area (Å²) < 4.78 is 2.31. The molecule has 2 aromatic heterocycles. The van der Waals surface area contributed by atoms with E-state index in [2.05, 4.69) is 66.8 Å². The topological polar surface area (TPSA) is 53.3 Å². The van der Waals surface area contributed by atoms with Crippen molar-refractivity contribution in [2.24, 2.45) is 0 Å². The number of para-hydroxylation sites is 1. The van der Waals surface area contributed by atoms with E-state index in [0.717, 1.165) is 22.6 Å². The van der Waals surface area contributed by atoms with Gasteiger partial charge in [-0.05, 0) is 93.0 Å². The van der Waals surface area contributed by atoms with Crippen LogP contribution in [0.5, 0.6) is 5.75 Å². The number of nitrogens with zero attached hydrogens (tertiary/aromatic N) is 3. The van der Waals surface area contributed by atoms with E-state index in [1.165, 1.54) is 16.8 Å². The zero-order chi connectivity index (χ0) is 24.9. The molecule has 4 aromatic rings.